The van der Waals surface area contributed by atoms with Crippen molar-refractivity contribution in [3.8, 4) is 11.1 Å². The Morgan fingerprint density at radius 1 is 0.386 bits per heavy atom. The molecule has 4 heteroatoms. The molecule has 2 aromatic heterocycles. The molecule has 57 heavy (non-hydrogen) atoms. The number of rotatable bonds is 6. The second kappa shape index (κ2) is 14.8. The van der Waals surface area contributed by atoms with Gasteiger partial charge in [-0.25, -0.2) is 0 Å². The molecule has 0 saturated heterocycles. The number of nitrogens with zero attached hydrogens (tertiary/aromatic N) is 2. The lowest BCUT2D eigenvalue weighted by molar-refractivity contribution is 0.669. The molecule has 0 amide bonds. The summed E-state index contributed by atoms with van der Waals surface area (Å²) in [4.78, 5) is 4.55. The number of furan rings is 1. The first-order valence-corrected chi connectivity index (χ1v) is 20.0. The molecular formula is C53H38N2OS. The summed E-state index contributed by atoms with van der Waals surface area (Å²) in [5, 5.41) is 7.35. The van der Waals surface area contributed by atoms with Crippen molar-refractivity contribution in [2.45, 2.75) is 0 Å². The van der Waals surface area contributed by atoms with E-state index in [1.54, 1.807) is 0 Å². The Hall–Kier alpha value is -7.14. The fourth-order valence-corrected chi connectivity index (χ4v) is 9.00. The Bertz CT molecular complexity index is 3090. The van der Waals surface area contributed by atoms with Crippen molar-refractivity contribution in [3.63, 3.8) is 0 Å². The largest absolute Gasteiger partial charge is 0.456 e. The number of para-hydroxylation sites is 3. The summed E-state index contributed by atoms with van der Waals surface area (Å²) in [5.74, 6) is 0. The Morgan fingerprint density at radius 2 is 0.965 bits per heavy atom. The van der Waals surface area contributed by atoms with Crippen LogP contribution in [-0.4, -0.2) is 7.05 Å². The molecule has 0 aliphatic heterocycles. The normalized spacial score (nSPS) is 11.2. The molecule has 0 aliphatic rings. The molecule has 0 fully saturated rings. The minimum Gasteiger partial charge on any atom is -0.456 e. The molecule has 3 nitrogen and oxygen atoms in total. The topological polar surface area (TPSA) is 19.6 Å². The lowest BCUT2D eigenvalue weighted by Gasteiger charge is -2.26. The fourth-order valence-electron chi connectivity index (χ4n) is 7.85. The summed E-state index contributed by atoms with van der Waals surface area (Å²) < 4.78 is 8.93. The van der Waals surface area contributed by atoms with Crippen LogP contribution in [0.4, 0.5) is 28.4 Å². The second-order valence-corrected chi connectivity index (χ2v) is 15.3. The summed E-state index contributed by atoms with van der Waals surface area (Å²) in [5.41, 5.74) is 9.93. The molecule has 11 rings (SSSR count). The van der Waals surface area contributed by atoms with Crippen LogP contribution in [0.25, 0.3) is 64.0 Å². The van der Waals surface area contributed by atoms with Crippen LogP contribution in [0.2, 0.25) is 0 Å². The monoisotopic (exact) mass is 750 g/mol. The average Bonchev–Trinajstić information content (AvgIpc) is 3.84. The third-order valence-corrected chi connectivity index (χ3v) is 11.8. The minimum atomic E-state index is 0.887. The Labute approximate surface area is 335 Å². The lowest BCUT2D eigenvalue weighted by atomic mass is 10.0. The molecule has 0 spiro atoms. The molecule has 0 bridgehead atoms. The van der Waals surface area contributed by atoms with Gasteiger partial charge in [-0.2, -0.15) is 0 Å². The van der Waals surface area contributed by atoms with Crippen molar-refractivity contribution >= 4 is 92.7 Å². The van der Waals surface area contributed by atoms with Gasteiger partial charge in [0.1, 0.15) is 11.2 Å². The zero-order valence-electron chi connectivity index (χ0n) is 31.4. The maximum absolute atomic E-state index is 6.36. The first-order valence-electron chi connectivity index (χ1n) is 19.2. The van der Waals surface area contributed by atoms with Crippen LogP contribution < -0.4 is 9.80 Å². The smallest absolute Gasteiger partial charge is 0.137 e. The molecule has 0 radical (unpaired) electrons. The van der Waals surface area contributed by atoms with Gasteiger partial charge in [0.25, 0.3) is 0 Å². The molecule has 0 unspecified atom stereocenters. The van der Waals surface area contributed by atoms with E-state index in [9.17, 15) is 0 Å². The number of hydrogen-bond acceptors (Lipinski definition) is 4. The van der Waals surface area contributed by atoms with Gasteiger partial charge in [0.05, 0.1) is 5.69 Å². The highest BCUT2D eigenvalue weighted by Gasteiger charge is 2.20. The predicted octanol–water partition coefficient (Wildman–Crippen LogP) is 15.7. The number of benzene rings is 9. The van der Waals surface area contributed by atoms with Gasteiger partial charge in [0.2, 0.25) is 0 Å². The van der Waals surface area contributed by atoms with Gasteiger partial charge in [0.15, 0.2) is 0 Å². The van der Waals surface area contributed by atoms with E-state index in [1.165, 1.54) is 53.4 Å². The highest BCUT2D eigenvalue weighted by Crippen LogP contribution is 2.46. The van der Waals surface area contributed by atoms with Gasteiger partial charge < -0.3 is 14.2 Å². The van der Waals surface area contributed by atoms with E-state index in [0.29, 0.717) is 0 Å². The van der Waals surface area contributed by atoms with Crippen LogP contribution in [-0.2, 0) is 0 Å². The Kier molecular flexibility index (Phi) is 8.94. The minimum absolute atomic E-state index is 0.887. The van der Waals surface area contributed by atoms with E-state index in [2.05, 4.69) is 205 Å². The van der Waals surface area contributed by atoms with Crippen molar-refractivity contribution in [3.05, 3.63) is 212 Å². The third-order valence-electron chi connectivity index (χ3n) is 10.7. The fraction of sp³-hybridized carbons (Fsp3) is 0.0189. The number of hydrogen-bond donors (Lipinski definition) is 0. The van der Waals surface area contributed by atoms with Crippen LogP contribution in [0, 0.1) is 0 Å². The van der Waals surface area contributed by atoms with E-state index < -0.39 is 0 Å². The number of thiophene rings is 1. The SMILES string of the molecule is CN(c1ccccc1)c1ccccc1.c1ccc(-c2ccc(N(c3ccc4c(c3)oc3ccccc34)c3cccc4sc5cc6ccccc6cc5c34)cc2)cc1. The average molecular weight is 751 g/mol. The Balaban J connectivity index is 0.000000240. The van der Waals surface area contributed by atoms with Crippen molar-refractivity contribution in [1.82, 2.24) is 0 Å². The maximum atomic E-state index is 6.36. The molecular weight excluding hydrogens is 713 g/mol. The number of fused-ring (bicyclic) bond motifs is 7. The number of anilines is 5. The summed E-state index contributed by atoms with van der Waals surface area (Å²) in [6.07, 6.45) is 0. The van der Waals surface area contributed by atoms with E-state index in [0.717, 1.165) is 39.0 Å². The summed E-state index contributed by atoms with van der Waals surface area (Å²) in [7, 11) is 2.07. The molecule has 0 saturated carbocycles. The van der Waals surface area contributed by atoms with Crippen LogP contribution in [0.5, 0.6) is 0 Å². The second-order valence-electron chi connectivity index (χ2n) is 14.2. The van der Waals surface area contributed by atoms with Gasteiger partial charge in [0, 0.05) is 66.8 Å². The molecule has 272 valence electrons. The molecule has 0 N–H and O–H groups in total. The van der Waals surface area contributed by atoms with Gasteiger partial charge >= 0.3 is 0 Å². The summed E-state index contributed by atoms with van der Waals surface area (Å²) in [6, 6.07) is 75.0. The van der Waals surface area contributed by atoms with Crippen LogP contribution in [0.1, 0.15) is 0 Å². The van der Waals surface area contributed by atoms with Crippen molar-refractivity contribution in [2.24, 2.45) is 0 Å². The first-order chi connectivity index (χ1) is 28.2. The zero-order chi connectivity index (χ0) is 38.1. The predicted molar refractivity (Wildman–Crippen MR) is 245 cm³/mol. The van der Waals surface area contributed by atoms with Gasteiger partial charge in [-0.1, -0.05) is 127 Å². The van der Waals surface area contributed by atoms with Crippen molar-refractivity contribution < 1.29 is 4.42 Å². The van der Waals surface area contributed by atoms with Crippen molar-refractivity contribution in [1.29, 1.82) is 0 Å². The quantitative estimate of drug-likeness (QED) is 0.169. The third kappa shape index (κ3) is 6.56. The first kappa shape index (κ1) is 34.4. The molecule has 11 aromatic rings. The van der Waals surface area contributed by atoms with Crippen LogP contribution in [0.15, 0.2) is 217 Å². The summed E-state index contributed by atoms with van der Waals surface area (Å²) >= 11 is 1.86. The standard InChI is InChI=1S/C40H25NOS.C13H13N/c1-2-9-26(10-3-1)27-17-19-30(20-18-27)41(31-21-22-33-32-13-6-7-15-36(32)42-37(33)25-31)35-14-8-16-38-40(35)34-23-28-11-4-5-12-29(28)24-39(34)43-38;1-14(12-8-4-2-5-9-12)13-10-6-3-7-11-13/h1-25H;2-11H,1H3. The van der Waals surface area contributed by atoms with Crippen LogP contribution >= 0.6 is 11.3 Å². The van der Waals surface area contributed by atoms with E-state index in [1.807, 2.05) is 35.6 Å². The maximum Gasteiger partial charge on any atom is 0.137 e. The van der Waals surface area contributed by atoms with Gasteiger partial charge in [-0.15, -0.1) is 11.3 Å². The van der Waals surface area contributed by atoms with Crippen molar-refractivity contribution in [2.75, 3.05) is 16.8 Å². The van der Waals surface area contributed by atoms with Gasteiger partial charge in [-0.05, 0) is 101 Å². The van der Waals surface area contributed by atoms with Crippen LogP contribution in [0.3, 0.4) is 0 Å². The molecule has 2 heterocycles. The molecule has 9 aromatic carbocycles. The highest BCUT2D eigenvalue weighted by atomic mass is 32.1. The van der Waals surface area contributed by atoms with Gasteiger partial charge in [-0.3, -0.25) is 0 Å². The highest BCUT2D eigenvalue weighted by molar-refractivity contribution is 7.26. The molecule has 0 atom stereocenters. The Morgan fingerprint density at radius 3 is 1.68 bits per heavy atom. The van der Waals surface area contributed by atoms with E-state index in [4.69, 9.17) is 4.42 Å². The zero-order valence-corrected chi connectivity index (χ0v) is 32.2. The molecule has 0 aliphatic carbocycles. The lowest BCUT2D eigenvalue weighted by Crippen LogP contribution is -2.10. The summed E-state index contributed by atoms with van der Waals surface area (Å²) in [6.45, 7) is 0. The van der Waals surface area contributed by atoms with E-state index >= 15 is 0 Å². The van der Waals surface area contributed by atoms with E-state index in [-0.39, 0.29) is 0 Å².